The molecule has 1 aromatic carbocycles. The summed E-state index contributed by atoms with van der Waals surface area (Å²) >= 11 is 5.82. The molecule has 32 heavy (non-hydrogen) atoms. The molecule has 1 fully saturated rings. The van der Waals surface area contributed by atoms with Gasteiger partial charge >= 0.3 is 6.18 Å². The zero-order valence-corrected chi connectivity index (χ0v) is 18.6. The average molecular weight is 491 g/mol. The van der Waals surface area contributed by atoms with Crippen LogP contribution < -0.4 is 9.62 Å². The number of benzene rings is 1. The van der Waals surface area contributed by atoms with Crippen molar-refractivity contribution in [1.29, 1.82) is 0 Å². The number of hydrogen-bond donors (Lipinski definition) is 1. The molecule has 0 atom stereocenters. The van der Waals surface area contributed by atoms with Crippen molar-refractivity contribution in [3.63, 3.8) is 0 Å². The van der Waals surface area contributed by atoms with Gasteiger partial charge < -0.3 is 9.80 Å². The molecule has 1 aromatic heterocycles. The number of rotatable bonds is 6. The number of nitrogens with zero attached hydrogens (tertiary/aromatic N) is 3. The van der Waals surface area contributed by atoms with E-state index in [1.54, 1.807) is 11.0 Å². The van der Waals surface area contributed by atoms with E-state index in [2.05, 4.69) is 9.71 Å². The van der Waals surface area contributed by atoms with Gasteiger partial charge in [0, 0.05) is 50.4 Å². The van der Waals surface area contributed by atoms with Gasteiger partial charge in [-0.25, -0.2) is 18.1 Å². The zero-order valence-electron chi connectivity index (χ0n) is 17.0. The molecule has 7 nitrogen and oxygen atoms in total. The summed E-state index contributed by atoms with van der Waals surface area (Å²) < 4.78 is 65.1. The topological polar surface area (TPSA) is 82.6 Å². The molecule has 1 saturated heterocycles. The molecule has 1 amide bonds. The number of anilines is 1. The zero-order chi connectivity index (χ0) is 23.4. The van der Waals surface area contributed by atoms with Crippen molar-refractivity contribution in [2.75, 3.05) is 37.6 Å². The van der Waals surface area contributed by atoms with Crippen molar-refractivity contribution >= 4 is 33.3 Å². The van der Waals surface area contributed by atoms with Gasteiger partial charge in [-0.05, 0) is 36.8 Å². The van der Waals surface area contributed by atoms with E-state index < -0.39 is 21.8 Å². The van der Waals surface area contributed by atoms with Crippen LogP contribution in [0.3, 0.4) is 0 Å². The first-order chi connectivity index (χ1) is 15.1. The van der Waals surface area contributed by atoms with Crippen LogP contribution in [-0.2, 0) is 21.0 Å². The molecule has 2 aromatic rings. The normalized spacial score (nSPS) is 15.5. The van der Waals surface area contributed by atoms with Gasteiger partial charge in [-0.2, -0.15) is 13.2 Å². The van der Waals surface area contributed by atoms with Gasteiger partial charge in [0.25, 0.3) is 0 Å². The van der Waals surface area contributed by atoms with E-state index in [0.717, 1.165) is 12.3 Å². The lowest BCUT2D eigenvalue weighted by Crippen LogP contribution is -2.37. The van der Waals surface area contributed by atoms with E-state index >= 15 is 0 Å². The summed E-state index contributed by atoms with van der Waals surface area (Å²) in [5.74, 6) is 0.211. The van der Waals surface area contributed by atoms with Crippen LogP contribution in [0.1, 0.15) is 18.4 Å². The largest absolute Gasteiger partial charge is 0.417 e. The lowest BCUT2D eigenvalue weighted by molar-refractivity contribution is -0.137. The summed E-state index contributed by atoms with van der Waals surface area (Å²) in [5.41, 5.74) is -0.812. The van der Waals surface area contributed by atoms with Crippen molar-refractivity contribution in [3.05, 3.63) is 53.2 Å². The van der Waals surface area contributed by atoms with Crippen LogP contribution >= 0.6 is 11.6 Å². The van der Waals surface area contributed by atoms with Gasteiger partial charge in [0.15, 0.2) is 0 Å². The minimum absolute atomic E-state index is 0.0156. The number of aromatic nitrogens is 1. The molecule has 174 valence electrons. The summed E-state index contributed by atoms with van der Waals surface area (Å²) in [4.78, 5) is 19.9. The second kappa shape index (κ2) is 10.1. The number of carbonyl (C=O) groups excluding carboxylic acids is 1. The first-order valence-corrected chi connectivity index (χ1v) is 11.7. The van der Waals surface area contributed by atoms with Gasteiger partial charge in [0.1, 0.15) is 5.82 Å². The summed E-state index contributed by atoms with van der Waals surface area (Å²) in [6, 6.07) is 8.13. The molecule has 12 heteroatoms. The number of sulfonamides is 1. The SMILES string of the molecule is O=C(CCNS(=O)(=O)c1cccc(Cl)c1)N1CCCN(c2ccc(C(F)(F)F)cn2)CC1. The van der Waals surface area contributed by atoms with Crippen LogP contribution in [0.4, 0.5) is 19.0 Å². The maximum Gasteiger partial charge on any atom is 0.417 e. The molecule has 1 aliphatic rings. The molecular weight excluding hydrogens is 469 g/mol. The van der Waals surface area contributed by atoms with E-state index in [0.29, 0.717) is 43.4 Å². The molecule has 1 aliphatic heterocycles. The highest BCUT2D eigenvalue weighted by Crippen LogP contribution is 2.29. The number of carbonyl (C=O) groups is 1. The van der Waals surface area contributed by atoms with E-state index in [1.807, 2.05) is 4.90 Å². The predicted octanol–water partition coefficient (Wildman–Crippen LogP) is 3.16. The summed E-state index contributed by atoms with van der Waals surface area (Å²) in [6.45, 7) is 1.73. The van der Waals surface area contributed by atoms with Gasteiger partial charge in [-0.3, -0.25) is 4.79 Å². The van der Waals surface area contributed by atoms with Crippen LogP contribution in [0.25, 0.3) is 0 Å². The summed E-state index contributed by atoms with van der Waals surface area (Å²) in [5, 5.41) is 0.292. The molecule has 0 unspecified atom stereocenters. The number of pyridine rings is 1. The van der Waals surface area contributed by atoms with E-state index in [9.17, 15) is 26.4 Å². The van der Waals surface area contributed by atoms with Crippen molar-refractivity contribution in [2.24, 2.45) is 0 Å². The van der Waals surface area contributed by atoms with Crippen molar-refractivity contribution in [3.8, 4) is 0 Å². The van der Waals surface area contributed by atoms with Gasteiger partial charge in [0.05, 0.1) is 10.5 Å². The van der Waals surface area contributed by atoms with Crippen LogP contribution in [0.2, 0.25) is 5.02 Å². The molecule has 2 heterocycles. The third-order valence-corrected chi connectivity index (χ3v) is 6.68. The van der Waals surface area contributed by atoms with E-state index in [1.165, 1.54) is 24.3 Å². The third kappa shape index (κ3) is 6.33. The number of amides is 1. The molecule has 0 spiro atoms. The summed E-state index contributed by atoms with van der Waals surface area (Å²) in [7, 11) is -3.78. The Morgan fingerprint density at radius 2 is 1.91 bits per heavy atom. The van der Waals surface area contributed by atoms with Crippen molar-refractivity contribution < 1.29 is 26.4 Å². The fraction of sp³-hybridized carbons (Fsp3) is 0.400. The Morgan fingerprint density at radius 1 is 1.12 bits per heavy atom. The lowest BCUT2D eigenvalue weighted by atomic mass is 10.2. The lowest BCUT2D eigenvalue weighted by Gasteiger charge is -2.23. The highest BCUT2D eigenvalue weighted by Gasteiger charge is 2.31. The molecule has 3 rings (SSSR count). The fourth-order valence-electron chi connectivity index (χ4n) is 3.30. The van der Waals surface area contributed by atoms with E-state index in [-0.39, 0.29) is 23.8 Å². The quantitative estimate of drug-likeness (QED) is 0.672. The van der Waals surface area contributed by atoms with Crippen LogP contribution in [0, 0.1) is 0 Å². The predicted molar refractivity (Wildman–Crippen MR) is 114 cm³/mol. The Hall–Kier alpha value is -2.37. The Balaban J connectivity index is 1.51. The van der Waals surface area contributed by atoms with Crippen LogP contribution in [0.5, 0.6) is 0 Å². The fourth-order valence-corrected chi connectivity index (χ4v) is 4.64. The van der Waals surface area contributed by atoms with Gasteiger partial charge in [-0.15, -0.1) is 0 Å². The number of hydrogen-bond acceptors (Lipinski definition) is 5. The second-order valence-corrected chi connectivity index (χ2v) is 9.43. The van der Waals surface area contributed by atoms with Crippen molar-refractivity contribution in [2.45, 2.75) is 23.9 Å². The van der Waals surface area contributed by atoms with Crippen LogP contribution in [-0.4, -0.2) is 56.9 Å². The number of nitrogens with one attached hydrogen (secondary N) is 1. The molecule has 0 saturated carbocycles. The highest BCUT2D eigenvalue weighted by molar-refractivity contribution is 7.89. The molecule has 0 bridgehead atoms. The Bertz CT molecular complexity index is 1050. The molecular formula is C20H22ClF3N4O3S. The maximum absolute atomic E-state index is 12.7. The first kappa shape index (κ1) is 24.3. The Kier molecular flexibility index (Phi) is 7.63. The van der Waals surface area contributed by atoms with Crippen LogP contribution in [0.15, 0.2) is 47.5 Å². The van der Waals surface area contributed by atoms with Crippen molar-refractivity contribution in [1.82, 2.24) is 14.6 Å². The molecule has 0 radical (unpaired) electrons. The molecule has 1 N–H and O–H groups in total. The second-order valence-electron chi connectivity index (χ2n) is 7.23. The minimum Gasteiger partial charge on any atom is -0.355 e. The van der Waals surface area contributed by atoms with Gasteiger partial charge in [0.2, 0.25) is 15.9 Å². The Labute approximate surface area is 189 Å². The first-order valence-electron chi connectivity index (χ1n) is 9.87. The summed E-state index contributed by atoms with van der Waals surface area (Å²) in [6.07, 6.45) is -3.04. The smallest absolute Gasteiger partial charge is 0.355 e. The molecule has 0 aliphatic carbocycles. The number of halogens is 4. The van der Waals surface area contributed by atoms with E-state index in [4.69, 9.17) is 11.6 Å². The maximum atomic E-state index is 12.7. The monoisotopic (exact) mass is 490 g/mol. The highest BCUT2D eigenvalue weighted by atomic mass is 35.5. The van der Waals surface area contributed by atoms with Gasteiger partial charge in [-0.1, -0.05) is 17.7 Å². The number of alkyl halides is 3. The third-order valence-electron chi connectivity index (χ3n) is 4.99. The Morgan fingerprint density at radius 3 is 2.56 bits per heavy atom. The standard InChI is InChI=1S/C20H22ClF3N4O3S/c21-16-3-1-4-17(13-16)32(30,31)26-8-7-19(29)28-10-2-9-27(11-12-28)18-6-5-15(14-25-18)20(22,23)24/h1,3-6,13-14,26H,2,7-12H2. The average Bonchev–Trinajstić information content (AvgIpc) is 2.99. The minimum atomic E-state index is -4.44.